The van der Waals surface area contributed by atoms with E-state index in [1.54, 1.807) is 6.92 Å². The van der Waals surface area contributed by atoms with Crippen LogP contribution in [0, 0.1) is 0 Å². The first-order valence-electron chi connectivity index (χ1n) is 7.16. The minimum atomic E-state index is -0.273. The Kier molecular flexibility index (Phi) is 7.09. The molecule has 0 saturated heterocycles. The minimum absolute atomic E-state index is 0.00792. The zero-order valence-electron chi connectivity index (χ0n) is 12.6. The van der Waals surface area contributed by atoms with E-state index in [0.717, 1.165) is 18.6 Å². The number of hydrogen-bond donors (Lipinski definition) is 2. The summed E-state index contributed by atoms with van der Waals surface area (Å²) in [6.45, 7) is 6.04. The average Bonchev–Trinajstić information content (AvgIpc) is 2.37. The van der Waals surface area contributed by atoms with Gasteiger partial charge in [0.2, 0.25) is 5.91 Å². The number of amides is 1. The monoisotopic (exact) mass is 279 g/mol. The Labute approximate surface area is 121 Å². The number of aliphatic hydroxyl groups excluding tert-OH is 1. The molecule has 0 heterocycles. The molecule has 0 aliphatic heterocycles. The van der Waals surface area contributed by atoms with Gasteiger partial charge in [-0.3, -0.25) is 4.79 Å². The molecule has 0 radical (unpaired) electrons. The lowest BCUT2D eigenvalue weighted by Crippen LogP contribution is -2.31. The zero-order chi connectivity index (χ0) is 15.0. The van der Waals surface area contributed by atoms with Gasteiger partial charge in [0.15, 0.2) is 0 Å². The standard InChI is InChI=1S/C16H25NO3/c1-12(2)17-16(19)10-11-20-15-8-6-14(7-9-15)5-4-13(3)18/h6-9,12-13,18H,4-5,10-11H2,1-3H3,(H,17,19). The highest BCUT2D eigenvalue weighted by atomic mass is 16.5. The normalized spacial score (nSPS) is 12.2. The summed E-state index contributed by atoms with van der Waals surface area (Å²) in [5, 5.41) is 12.1. The lowest BCUT2D eigenvalue weighted by molar-refractivity contribution is -0.122. The molecule has 1 atom stereocenters. The van der Waals surface area contributed by atoms with E-state index in [1.807, 2.05) is 38.1 Å². The number of hydrogen-bond acceptors (Lipinski definition) is 3. The van der Waals surface area contributed by atoms with Crippen LogP contribution in [0.25, 0.3) is 0 Å². The van der Waals surface area contributed by atoms with Gasteiger partial charge >= 0.3 is 0 Å². The van der Waals surface area contributed by atoms with Gasteiger partial charge in [0.05, 0.1) is 19.1 Å². The molecule has 0 saturated carbocycles. The molecule has 1 aromatic carbocycles. The lowest BCUT2D eigenvalue weighted by atomic mass is 10.1. The summed E-state index contributed by atoms with van der Waals surface area (Å²) in [6, 6.07) is 7.95. The number of carbonyl (C=O) groups excluding carboxylic acids is 1. The summed E-state index contributed by atoms with van der Waals surface area (Å²) >= 11 is 0. The molecule has 0 aromatic heterocycles. The average molecular weight is 279 g/mol. The maximum Gasteiger partial charge on any atom is 0.223 e. The fraction of sp³-hybridized carbons (Fsp3) is 0.562. The molecule has 1 unspecified atom stereocenters. The van der Waals surface area contributed by atoms with Crippen molar-refractivity contribution in [2.45, 2.75) is 52.2 Å². The van der Waals surface area contributed by atoms with Crippen molar-refractivity contribution in [1.82, 2.24) is 5.32 Å². The van der Waals surface area contributed by atoms with Gasteiger partial charge < -0.3 is 15.2 Å². The molecule has 0 bridgehead atoms. The first-order chi connectivity index (χ1) is 9.47. The van der Waals surface area contributed by atoms with E-state index in [2.05, 4.69) is 5.32 Å². The second kappa shape index (κ2) is 8.59. The number of aliphatic hydroxyl groups is 1. The van der Waals surface area contributed by atoms with Crippen molar-refractivity contribution >= 4 is 5.91 Å². The fourth-order valence-electron chi connectivity index (χ4n) is 1.78. The zero-order valence-corrected chi connectivity index (χ0v) is 12.6. The van der Waals surface area contributed by atoms with Crippen LogP contribution >= 0.6 is 0 Å². The van der Waals surface area contributed by atoms with E-state index in [-0.39, 0.29) is 18.1 Å². The van der Waals surface area contributed by atoms with Crippen LogP contribution in [0.5, 0.6) is 5.75 Å². The van der Waals surface area contributed by atoms with Crippen LogP contribution in [0.1, 0.15) is 39.2 Å². The Balaban J connectivity index is 2.29. The summed E-state index contributed by atoms with van der Waals surface area (Å²) in [7, 11) is 0. The first-order valence-corrected chi connectivity index (χ1v) is 7.16. The van der Waals surface area contributed by atoms with Gasteiger partial charge in [0, 0.05) is 6.04 Å². The van der Waals surface area contributed by atoms with Gasteiger partial charge in [-0.25, -0.2) is 0 Å². The van der Waals surface area contributed by atoms with Gasteiger partial charge in [0.25, 0.3) is 0 Å². The molecular formula is C16H25NO3. The van der Waals surface area contributed by atoms with Crippen LogP contribution in [0.15, 0.2) is 24.3 Å². The van der Waals surface area contributed by atoms with Gasteiger partial charge in [-0.2, -0.15) is 0 Å². The predicted octanol–water partition coefficient (Wildman–Crippen LogP) is 2.29. The van der Waals surface area contributed by atoms with Crippen molar-refractivity contribution in [3.63, 3.8) is 0 Å². The predicted molar refractivity (Wildman–Crippen MR) is 79.8 cm³/mol. The highest BCUT2D eigenvalue weighted by molar-refractivity contribution is 5.76. The largest absolute Gasteiger partial charge is 0.493 e. The Bertz CT molecular complexity index is 399. The number of ether oxygens (including phenoxy) is 1. The van der Waals surface area contributed by atoms with E-state index < -0.39 is 0 Å². The van der Waals surface area contributed by atoms with Crippen molar-refractivity contribution in [3.05, 3.63) is 29.8 Å². The number of carbonyl (C=O) groups is 1. The van der Waals surface area contributed by atoms with E-state index in [9.17, 15) is 9.90 Å². The van der Waals surface area contributed by atoms with Gasteiger partial charge in [-0.05, 0) is 51.3 Å². The van der Waals surface area contributed by atoms with Crippen molar-refractivity contribution in [1.29, 1.82) is 0 Å². The highest BCUT2D eigenvalue weighted by Crippen LogP contribution is 2.14. The summed E-state index contributed by atoms with van der Waals surface area (Å²) in [5.74, 6) is 0.775. The molecule has 4 heteroatoms. The number of benzene rings is 1. The molecule has 0 aliphatic carbocycles. The van der Waals surface area contributed by atoms with Crippen molar-refractivity contribution in [2.24, 2.45) is 0 Å². The van der Waals surface area contributed by atoms with Crippen LogP contribution in [0.3, 0.4) is 0 Å². The smallest absolute Gasteiger partial charge is 0.223 e. The maximum atomic E-state index is 11.4. The van der Waals surface area contributed by atoms with Crippen molar-refractivity contribution in [2.75, 3.05) is 6.61 Å². The Morgan fingerprint density at radius 3 is 2.45 bits per heavy atom. The molecule has 2 N–H and O–H groups in total. The third-order valence-electron chi connectivity index (χ3n) is 2.82. The molecule has 112 valence electrons. The quantitative estimate of drug-likeness (QED) is 0.767. The SMILES string of the molecule is CC(O)CCc1ccc(OCCC(=O)NC(C)C)cc1. The Morgan fingerprint density at radius 2 is 1.90 bits per heavy atom. The fourth-order valence-corrected chi connectivity index (χ4v) is 1.78. The first kappa shape index (κ1) is 16.5. The van der Waals surface area contributed by atoms with Gasteiger partial charge in [0.1, 0.15) is 5.75 Å². The molecule has 1 aromatic rings. The molecule has 0 aliphatic rings. The Morgan fingerprint density at radius 1 is 1.25 bits per heavy atom. The molecule has 0 spiro atoms. The van der Waals surface area contributed by atoms with Crippen LogP contribution in [-0.4, -0.2) is 29.8 Å². The summed E-state index contributed by atoms with van der Waals surface area (Å²) in [5.41, 5.74) is 1.18. The van der Waals surface area contributed by atoms with Gasteiger partial charge in [-0.1, -0.05) is 12.1 Å². The minimum Gasteiger partial charge on any atom is -0.493 e. The highest BCUT2D eigenvalue weighted by Gasteiger charge is 2.04. The molecule has 4 nitrogen and oxygen atoms in total. The molecular weight excluding hydrogens is 254 g/mol. The topological polar surface area (TPSA) is 58.6 Å². The molecule has 1 amide bonds. The molecule has 20 heavy (non-hydrogen) atoms. The van der Waals surface area contributed by atoms with E-state index in [4.69, 9.17) is 4.74 Å². The molecule has 1 rings (SSSR count). The Hall–Kier alpha value is -1.55. The van der Waals surface area contributed by atoms with Crippen molar-refractivity contribution < 1.29 is 14.6 Å². The number of nitrogens with one attached hydrogen (secondary N) is 1. The summed E-state index contributed by atoms with van der Waals surface area (Å²) < 4.78 is 5.53. The summed E-state index contributed by atoms with van der Waals surface area (Å²) in [4.78, 5) is 11.4. The van der Waals surface area contributed by atoms with Crippen LogP contribution < -0.4 is 10.1 Å². The maximum absolute atomic E-state index is 11.4. The van der Waals surface area contributed by atoms with Gasteiger partial charge in [-0.15, -0.1) is 0 Å². The third kappa shape index (κ3) is 7.14. The molecule has 0 fully saturated rings. The van der Waals surface area contributed by atoms with Crippen molar-refractivity contribution in [3.8, 4) is 5.75 Å². The van der Waals surface area contributed by atoms with E-state index in [1.165, 1.54) is 5.56 Å². The third-order valence-corrected chi connectivity index (χ3v) is 2.82. The lowest BCUT2D eigenvalue weighted by Gasteiger charge is -2.10. The summed E-state index contributed by atoms with van der Waals surface area (Å²) in [6.07, 6.45) is 1.71. The van der Waals surface area contributed by atoms with Crippen LogP contribution in [0.2, 0.25) is 0 Å². The second-order valence-corrected chi connectivity index (χ2v) is 5.35. The van der Waals surface area contributed by atoms with E-state index in [0.29, 0.717) is 13.0 Å². The van der Waals surface area contributed by atoms with Crippen LogP contribution in [-0.2, 0) is 11.2 Å². The van der Waals surface area contributed by atoms with Crippen LogP contribution in [0.4, 0.5) is 0 Å². The number of rotatable bonds is 8. The number of aryl methyl sites for hydroxylation is 1. The second-order valence-electron chi connectivity index (χ2n) is 5.35. The van der Waals surface area contributed by atoms with E-state index >= 15 is 0 Å².